The van der Waals surface area contributed by atoms with Gasteiger partial charge in [0, 0.05) is 11.5 Å². The molecule has 2 unspecified atom stereocenters. The van der Waals surface area contributed by atoms with Crippen molar-refractivity contribution in [2.75, 3.05) is 4.90 Å². The zero-order chi connectivity index (χ0) is 20.7. The van der Waals surface area contributed by atoms with Gasteiger partial charge < -0.3 is 4.98 Å². The summed E-state index contributed by atoms with van der Waals surface area (Å²) in [5.41, 5.74) is -1.44. The number of aryl methyl sites for hydroxylation is 1. The van der Waals surface area contributed by atoms with E-state index in [2.05, 4.69) is 4.98 Å². The zero-order valence-electron chi connectivity index (χ0n) is 15.4. The number of fused-ring (bicyclic) bond motifs is 2. The van der Waals surface area contributed by atoms with Crippen LogP contribution in [-0.4, -0.2) is 16.8 Å². The minimum atomic E-state index is -4.69. The number of aromatic amines is 1. The van der Waals surface area contributed by atoms with Gasteiger partial charge in [-0.3, -0.25) is 14.4 Å². The van der Waals surface area contributed by atoms with Crippen LogP contribution in [0.25, 0.3) is 10.9 Å². The molecule has 2 fully saturated rings. The van der Waals surface area contributed by atoms with Crippen LogP contribution in [-0.2, 0) is 15.8 Å². The van der Waals surface area contributed by atoms with Crippen LogP contribution in [0.5, 0.6) is 0 Å². The highest BCUT2D eigenvalue weighted by Crippen LogP contribution is 2.51. The SMILES string of the molecule is Cc1c(N2C(=O)C3C4C=C[C@@H](CC4)[C@@H]3C2=O)ccc2c(C(F)(F)F)cc(=O)[nH]c12. The molecule has 6 rings (SSSR count). The van der Waals surface area contributed by atoms with Crippen LogP contribution in [0, 0.1) is 30.6 Å². The average molecular weight is 402 g/mol. The Morgan fingerprint density at radius 3 is 2.10 bits per heavy atom. The fourth-order valence-electron chi connectivity index (χ4n) is 5.24. The molecular weight excluding hydrogens is 385 g/mol. The molecule has 29 heavy (non-hydrogen) atoms. The van der Waals surface area contributed by atoms with Crippen LogP contribution in [0.1, 0.15) is 24.0 Å². The smallest absolute Gasteiger partial charge is 0.322 e. The Kier molecular flexibility index (Phi) is 3.63. The Balaban J connectivity index is 1.67. The van der Waals surface area contributed by atoms with Gasteiger partial charge in [-0.15, -0.1) is 0 Å². The minimum absolute atomic E-state index is 0.0149. The maximum Gasteiger partial charge on any atom is 0.417 e. The number of imide groups is 1. The van der Waals surface area contributed by atoms with E-state index in [1.807, 2.05) is 12.2 Å². The first-order valence-electron chi connectivity index (χ1n) is 9.48. The number of allylic oxidation sites excluding steroid dienone is 2. The standard InChI is InChI=1S/C21H17F3N2O3/c1-9-14(7-6-12-13(21(22,23)24)8-15(27)25-18(9)12)26-19(28)16-10-2-3-11(5-4-10)17(16)20(26)29/h2-3,6-8,10-11,16-17H,4-5H2,1H3,(H,25,27)/t10-,11?,16-,17?/m0/s1. The van der Waals surface area contributed by atoms with E-state index in [-0.39, 0.29) is 45.8 Å². The number of halogens is 3. The molecular formula is C21H17F3N2O3. The molecule has 2 bridgehead atoms. The zero-order valence-corrected chi connectivity index (χ0v) is 15.4. The molecule has 2 aromatic rings. The first-order valence-corrected chi connectivity index (χ1v) is 9.48. The number of alkyl halides is 3. The average Bonchev–Trinajstić information content (AvgIpc) is 2.95. The maximum absolute atomic E-state index is 13.4. The Morgan fingerprint density at radius 2 is 1.59 bits per heavy atom. The number of pyridine rings is 1. The van der Waals surface area contributed by atoms with Crippen molar-refractivity contribution in [3.63, 3.8) is 0 Å². The molecule has 1 N–H and O–H groups in total. The molecule has 2 amide bonds. The lowest BCUT2D eigenvalue weighted by atomic mass is 9.63. The molecule has 8 heteroatoms. The van der Waals surface area contributed by atoms with Gasteiger partial charge in [-0.25, -0.2) is 4.90 Å². The lowest BCUT2D eigenvalue weighted by Crippen LogP contribution is -2.38. The van der Waals surface area contributed by atoms with Gasteiger partial charge in [0.25, 0.3) is 0 Å². The van der Waals surface area contributed by atoms with E-state index in [4.69, 9.17) is 0 Å². The summed E-state index contributed by atoms with van der Waals surface area (Å²) in [6.45, 7) is 1.52. The van der Waals surface area contributed by atoms with Crippen molar-refractivity contribution >= 4 is 28.4 Å². The third-order valence-electron chi connectivity index (χ3n) is 6.56. The van der Waals surface area contributed by atoms with Crippen molar-refractivity contribution in [3.8, 4) is 0 Å². The van der Waals surface area contributed by atoms with Gasteiger partial charge in [0.1, 0.15) is 0 Å². The molecule has 5 nitrogen and oxygen atoms in total. The largest absolute Gasteiger partial charge is 0.417 e. The van der Waals surface area contributed by atoms with Crippen molar-refractivity contribution in [1.29, 1.82) is 0 Å². The van der Waals surface area contributed by atoms with Crippen LogP contribution in [0.2, 0.25) is 0 Å². The van der Waals surface area contributed by atoms with Gasteiger partial charge in [0.05, 0.1) is 28.6 Å². The number of anilines is 1. The van der Waals surface area contributed by atoms with Gasteiger partial charge >= 0.3 is 6.18 Å². The fraction of sp³-hybridized carbons (Fsp3) is 0.381. The van der Waals surface area contributed by atoms with Gasteiger partial charge in [-0.05, 0) is 43.2 Å². The number of aromatic nitrogens is 1. The number of hydrogen-bond donors (Lipinski definition) is 1. The summed E-state index contributed by atoms with van der Waals surface area (Å²) >= 11 is 0. The van der Waals surface area contributed by atoms with Crippen LogP contribution in [0.15, 0.2) is 35.1 Å². The van der Waals surface area contributed by atoms with Crippen LogP contribution >= 0.6 is 0 Å². The predicted molar refractivity (Wildman–Crippen MR) is 99.1 cm³/mol. The minimum Gasteiger partial charge on any atom is -0.322 e. The van der Waals surface area contributed by atoms with Crippen LogP contribution in [0.4, 0.5) is 18.9 Å². The van der Waals surface area contributed by atoms with E-state index in [1.54, 1.807) is 0 Å². The molecule has 1 aromatic carbocycles. The maximum atomic E-state index is 13.4. The van der Waals surface area contributed by atoms with Crippen molar-refractivity contribution in [2.24, 2.45) is 23.7 Å². The lowest BCUT2D eigenvalue weighted by molar-refractivity contribution is -0.136. The first kappa shape index (κ1) is 18.1. The predicted octanol–water partition coefficient (Wildman–Crippen LogP) is 3.56. The monoisotopic (exact) mass is 402 g/mol. The number of rotatable bonds is 1. The summed E-state index contributed by atoms with van der Waals surface area (Å²) in [7, 11) is 0. The first-order chi connectivity index (χ1) is 13.7. The normalized spacial score (nSPS) is 28.5. The number of carbonyl (C=O) groups excluding carboxylic acids is 2. The number of nitrogens with zero attached hydrogens (tertiary/aromatic N) is 1. The molecule has 1 aliphatic heterocycles. The second kappa shape index (κ2) is 5.81. The van der Waals surface area contributed by atoms with E-state index in [0.29, 0.717) is 6.07 Å². The molecule has 0 radical (unpaired) electrons. The van der Waals surface area contributed by atoms with Crippen molar-refractivity contribution in [2.45, 2.75) is 25.9 Å². The van der Waals surface area contributed by atoms with Gasteiger partial charge in [0.2, 0.25) is 17.4 Å². The van der Waals surface area contributed by atoms with E-state index in [1.165, 1.54) is 19.1 Å². The topological polar surface area (TPSA) is 70.2 Å². The van der Waals surface area contributed by atoms with E-state index < -0.39 is 29.1 Å². The molecule has 1 aromatic heterocycles. The highest BCUT2D eigenvalue weighted by atomic mass is 19.4. The number of benzene rings is 1. The fourth-order valence-corrected chi connectivity index (χ4v) is 5.24. The molecule has 3 aliphatic carbocycles. The van der Waals surface area contributed by atoms with Crippen molar-refractivity contribution < 1.29 is 22.8 Å². The molecule has 4 atom stereocenters. The van der Waals surface area contributed by atoms with Gasteiger partial charge in [-0.2, -0.15) is 13.2 Å². The quantitative estimate of drug-likeness (QED) is 0.586. The third-order valence-corrected chi connectivity index (χ3v) is 6.56. The summed E-state index contributed by atoms with van der Waals surface area (Å²) in [6, 6.07) is 3.10. The second-order valence-electron chi connectivity index (χ2n) is 8.03. The molecule has 1 saturated heterocycles. The van der Waals surface area contributed by atoms with Crippen molar-refractivity contribution in [3.05, 3.63) is 51.8 Å². The summed E-state index contributed by atoms with van der Waals surface area (Å²) in [6.07, 6.45) is 1.02. The van der Waals surface area contributed by atoms with Gasteiger partial charge in [-0.1, -0.05) is 18.2 Å². The molecule has 2 heterocycles. The van der Waals surface area contributed by atoms with Crippen molar-refractivity contribution in [1.82, 2.24) is 4.98 Å². The van der Waals surface area contributed by atoms with E-state index >= 15 is 0 Å². The van der Waals surface area contributed by atoms with E-state index in [0.717, 1.165) is 17.7 Å². The summed E-state index contributed by atoms with van der Waals surface area (Å²) in [5, 5.41) is -0.170. The number of amides is 2. The Morgan fingerprint density at radius 1 is 1.00 bits per heavy atom. The Hall–Kier alpha value is -2.90. The highest BCUT2D eigenvalue weighted by molar-refractivity contribution is 6.23. The Bertz CT molecular complexity index is 1130. The molecule has 0 spiro atoms. The molecule has 1 saturated carbocycles. The van der Waals surface area contributed by atoms with E-state index in [9.17, 15) is 27.6 Å². The Labute approximate surface area is 163 Å². The van der Waals surface area contributed by atoms with Gasteiger partial charge in [0.15, 0.2) is 0 Å². The number of H-pyrrole nitrogens is 1. The second-order valence-corrected chi connectivity index (χ2v) is 8.03. The highest BCUT2D eigenvalue weighted by Gasteiger charge is 2.57. The summed E-state index contributed by atoms with van der Waals surface area (Å²) in [5.74, 6) is -1.41. The number of hydrogen-bond acceptors (Lipinski definition) is 3. The molecule has 4 aliphatic rings. The van der Waals surface area contributed by atoms with Crippen LogP contribution in [0.3, 0.4) is 0 Å². The third kappa shape index (κ3) is 2.44. The van der Waals surface area contributed by atoms with Crippen LogP contribution < -0.4 is 10.5 Å². The number of carbonyl (C=O) groups is 2. The number of nitrogens with one attached hydrogen (secondary N) is 1. The summed E-state index contributed by atoms with van der Waals surface area (Å²) < 4.78 is 40.1. The lowest BCUT2D eigenvalue weighted by Gasteiger charge is -2.38. The summed E-state index contributed by atoms with van der Waals surface area (Å²) in [4.78, 5) is 41.7. The molecule has 150 valence electrons.